The van der Waals surface area contributed by atoms with E-state index in [4.69, 9.17) is 9.15 Å². The van der Waals surface area contributed by atoms with Crippen LogP contribution in [0.5, 0.6) is 5.88 Å². The van der Waals surface area contributed by atoms with Crippen molar-refractivity contribution in [3.8, 4) is 5.88 Å². The summed E-state index contributed by atoms with van der Waals surface area (Å²) < 4.78 is 11.2. The molecule has 0 aliphatic carbocycles. The van der Waals surface area contributed by atoms with E-state index in [1.165, 1.54) is 0 Å². The number of anilines is 1. The molecule has 0 spiro atoms. The lowest BCUT2D eigenvalue weighted by atomic mass is 10.4. The van der Waals surface area contributed by atoms with Crippen LogP contribution in [0, 0.1) is 6.92 Å². The van der Waals surface area contributed by atoms with Gasteiger partial charge in [-0.15, -0.1) is 0 Å². The first kappa shape index (κ1) is 11.9. The maximum absolute atomic E-state index is 5.43. The van der Waals surface area contributed by atoms with Crippen LogP contribution in [0.2, 0.25) is 0 Å². The first-order valence-corrected chi connectivity index (χ1v) is 5.84. The number of hydrogen-bond donors (Lipinski definition) is 1. The second kappa shape index (κ2) is 5.18. The second-order valence-electron chi connectivity index (χ2n) is 3.42. The topological polar surface area (TPSA) is 60.2 Å². The molecule has 2 aromatic rings. The summed E-state index contributed by atoms with van der Waals surface area (Å²) in [4.78, 5) is 8.30. The summed E-state index contributed by atoms with van der Waals surface area (Å²) in [6.45, 7) is 2.45. The van der Waals surface area contributed by atoms with Crippen LogP contribution < -0.4 is 10.1 Å². The summed E-state index contributed by atoms with van der Waals surface area (Å²) >= 11 is 3.29. The Labute approximate surface area is 107 Å². The molecule has 17 heavy (non-hydrogen) atoms. The number of rotatable bonds is 4. The number of ether oxygens (including phenoxy) is 1. The quantitative estimate of drug-likeness (QED) is 0.940. The summed E-state index contributed by atoms with van der Waals surface area (Å²) in [7, 11) is 1.56. The molecule has 0 aliphatic heterocycles. The molecule has 0 aromatic carbocycles. The van der Waals surface area contributed by atoms with E-state index in [2.05, 4.69) is 31.2 Å². The van der Waals surface area contributed by atoms with Crippen LogP contribution >= 0.6 is 15.9 Å². The zero-order valence-corrected chi connectivity index (χ0v) is 11.1. The van der Waals surface area contributed by atoms with Gasteiger partial charge in [-0.3, -0.25) is 0 Å². The van der Waals surface area contributed by atoms with Crippen molar-refractivity contribution in [2.24, 2.45) is 0 Å². The first-order chi connectivity index (χ1) is 8.19. The highest BCUT2D eigenvalue weighted by Crippen LogP contribution is 2.22. The molecule has 0 radical (unpaired) electrons. The Morgan fingerprint density at radius 1 is 1.47 bits per heavy atom. The van der Waals surface area contributed by atoms with Crippen molar-refractivity contribution in [1.29, 1.82) is 0 Å². The predicted molar refractivity (Wildman–Crippen MR) is 67.1 cm³/mol. The Hall–Kier alpha value is -1.56. The van der Waals surface area contributed by atoms with Gasteiger partial charge in [0.2, 0.25) is 11.8 Å². The fraction of sp³-hybridized carbons (Fsp3) is 0.273. The molecule has 0 saturated heterocycles. The highest BCUT2D eigenvalue weighted by atomic mass is 79.9. The minimum atomic E-state index is 0.498. The van der Waals surface area contributed by atoms with Crippen molar-refractivity contribution >= 4 is 21.9 Å². The normalized spacial score (nSPS) is 10.3. The average Bonchev–Trinajstić information content (AvgIpc) is 2.74. The maximum atomic E-state index is 5.43. The number of halogens is 1. The maximum Gasteiger partial charge on any atom is 0.232 e. The molecule has 0 amide bonds. The van der Waals surface area contributed by atoms with E-state index in [1.807, 2.05) is 19.1 Å². The first-order valence-electron chi connectivity index (χ1n) is 5.05. The lowest BCUT2D eigenvalue weighted by Crippen LogP contribution is -2.03. The van der Waals surface area contributed by atoms with Crippen molar-refractivity contribution < 1.29 is 9.15 Å². The Morgan fingerprint density at radius 2 is 2.29 bits per heavy atom. The van der Waals surface area contributed by atoms with Gasteiger partial charge in [0.1, 0.15) is 11.5 Å². The van der Waals surface area contributed by atoms with Crippen LogP contribution in [0.25, 0.3) is 0 Å². The lowest BCUT2D eigenvalue weighted by Gasteiger charge is -2.05. The standard InChI is InChI=1S/C11H12BrN3O2/c1-7-3-4-8(17-7)5-13-11-14-6-9(12)10(15-11)16-2/h3-4,6H,5H2,1-2H3,(H,13,14,15). The highest BCUT2D eigenvalue weighted by Gasteiger charge is 2.05. The largest absolute Gasteiger partial charge is 0.480 e. The van der Waals surface area contributed by atoms with Gasteiger partial charge in [0.15, 0.2) is 0 Å². The smallest absolute Gasteiger partial charge is 0.232 e. The molecule has 0 bridgehead atoms. The van der Waals surface area contributed by atoms with Crippen LogP contribution in [0.15, 0.2) is 27.2 Å². The average molecular weight is 298 g/mol. The summed E-state index contributed by atoms with van der Waals surface area (Å²) in [5.74, 6) is 2.72. The summed E-state index contributed by atoms with van der Waals surface area (Å²) in [5, 5.41) is 3.06. The van der Waals surface area contributed by atoms with Crippen LogP contribution in [0.1, 0.15) is 11.5 Å². The number of methoxy groups -OCH3 is 1. The third-order valence-electron chi connectivity index (χ3n) is 2.12. The SMILES string of the molecule is COc1nc(NCc2ccc(C)o2)ncc1Br. The molecule has 90 valence electrons. The molecular weight excluding hydrogens is 286 g/mol. The Kier molecular flexibility index (Phi) is 3.63. The second-order valence-corrected chi connectivity index (χ2v) is 4.27. The molecule has 0 aliphatic rings. The molecule has 2 heterocycles. The number of nitrogens with zero attached hydrogens (tertiary/aromatic N) is 2. The lowest BCUT2D eigenvalue weighted by molar-refractivity contribution is 0.394. The number of hydrogen-bond acceptors (Lipinski definition) is 5. The van der Waals surface area contributed by atoms with Crippen LogP contribution in [0.3, 0.4) is 0 Å². The molecule has 0 fully saturated rings. The zero-order chi connectivity index (χ0) is 12.3. The molecule has 0 saturated carbocycles. The Morgan fingerprint density at radius 3 is 2.94 bits per heavy atom. The van der Waals surface area contributed by atoms with Crippen LogP contribution in [0.4, 0.5) is 5.95 Å². The third kappa shape index (κ3) is 2.97. The van der Waals surface area contributed by atoms with Gasteiger partial charge in [0, 0.05) is 0 Å². The number of aromatic nitrogens is 2. The fourth-order valence-corrected chi connectivity index (χ4v) is 1.68. The number of aryl methyl sites for hydroxylation is 1. The molecule has 1 N–H and O–H groups in total. The van der Waals surface area contributed by atoms with Crippen molar-refractivity contribution in [2.75, 3.05) is 12.4 Å². The van der Waals surface area contributed by atoms with E-state index in [0.29, 0.717) is 18.4 Å². The number of nitrogens with one attached hydrogen (secondary N) is 1. The zero-order valence-electron chi connectivity index (χ0n) is 9.53. The molecular formula is C11H12BrN3O2. The highest BCUT2D eigenvalue weighted by molar-refractivity contribution is 9.10. The van der Waals surface area contributed by atoms with Crippen molar-refractivity contribution in [3.63, 3.8) is 0 Å². The van der Waals surface area contributed by atoms with Crippen LogP contribution in [-0.2, 0) is 6.54 Å². The van der Waals surface area contributed by atoms with Crippen molar-refractivity contribution in [1.82, 2.24) is 9.97 Å². The van der Waals surface area contributed by atoms with Gasteiger partial charge in [-0.05, 0) is 35.0 Å². The molecule has 0 atom stereocenters. The van der Waals surface area contributed by atoms with E-state index < -0.39 is 0 Å². The monoisotopic (exact) mass is 297 g/mol. The minimum Gasteiger partial charge on any atom is -0.480 e. The van der Waals surface area contributed by atoms with Crippen molar-refractivity contribution in [2.45, 2.75) is 13.5 Å². The molecule has 2 aromatic heterocycles. The van der Waals surface area contributed by atoms with E-state index >= 15 is 0 Å². The van der Waals surface area contributed by atoms with Gasteiger partial charge in [0.25, 0.3) is 0 Å². The summed E-state index contributed by atoms with van der Waals surface area (Å²) in [5.41, 5.74) is 0. The molecule has 6 heteroatoms. The van der Waals surface area contributed by atoms with E-state index in [1.54, 1.807) is 13.3 Å². The number of furan rings is 1. The van der Waals surface area contributed by atoms with Gasteiger partial charge in [-0.1, -0.05) is 0 Å². The Bertz CT molecular complexity index is 513. The third-order valence-corrected chi connectivity index (χ3v) is 2.67. The molecule has 5 nitrogen and oxygen atoms in total. The van der Waals surface area contributed by atoms with E-state index in [0.717, 1.165) is 16.0 Å². The van der Waals surface area contributed by atoms with Gasteiger partial charge in [-0.2, -0.15) is 4.98 Å². The summed E-state index contributed by atoms with van der Waals surface area (Å²) in [6, 6.07) is 3.83. The van der Waals surface area contributed by atoms with E-state index in [-0.39, 0.29) is 0 Å². The van der Waals surface area contributed by atoms with Gasteiger partial charge in [0.05, 0.1) is 24.3 Å². The molecule has 0 unspecified atom stereocenters. The van der Waals surface area contributed by atoms with E-state index in [9.17, 15) is 0 Å². The van der Waals surface area contributed by atoms with Crippen LogP contribution in [-0.4, -0.2) is 17.1 Å². The van der Waals surface area contributed by atoms with Gasteiger partial charge >= 0.3 is 0 Å². The van der Waals surface area contributed by atoms with Gasteiger partial charge < -0.3 is 14.5 Å². The predicted octanol–water partition coefficient (Wildman–Crippen LogP) is 2.76. The summed E-state index contributed by atoms with van der Waals surface area (Å²) in [6.07, 6.45) is 1.64. The Balaban J connectivity index is 2.04. The van der Waals surface area contributed by atoms with Gasteiger partial charge in [-0.25, -0.2) is 4.98 Å². The van der Waals surface area contributed by atoms with Crippen molar-refractivity contribution in [3.05, 3.63) is 34.3 Å². The minimum absolute atomic E-state index is 0.498. The molecule has 2 rings (SSSR count). The fourth-order valence-electron chi connectivity index (χ4n) is 1.33.